The minimum Gasteiger partial charge on any atom is -0.461 e. The molecule has 1 aliphatic heterocycles. The summed E-state index contributed by atoms with van der Waals surface area (Å²) in [6.45, 7) is 3.64. The van der Waals surface area contributed by atoms with Gasteiger partial charge in [-0.3, -0.25) is 0 Å². The van der Waals surface area contributed by atoms with Gasteiger partial charge >= 0.3 is 0 Å². The number of nitrogens with one attached hydrogen (secondary N) is 2. The number of hydrogen-bond donors (Lipinski definition) is 2. The van der Waals surface area contributed by atoms with E-state index in [2.05, 4.69) is 41.0 Å². The normalized spacial score (nSPS) is 13.2. The molecule has 0 radical (unpaired) electrons. The number of aromatic nitrogens is 2. The largest absolute Gasteiger partial charge is 0.461 e. The van der Waals surface area contributed by atoms with E-state index in [1.165, 1.54) is 5.56 Å². The van der Waals surface area contributed by atoms with Crippen molar-refractivity contribution in [1.82, 2.24) is 9.97 Å². The first-order chi connectivity index (χ1) is 13.8. The fraction of sp³-hybridized carbons (Fsp3) is 0.217. The zero-order chi connectivity index (χ0) is 18.9. The van der Waals surface area contributed by atoms with Crippen LogP contribution in [0.2, 0.25) is 0 Å². The number of aryl methyl sites for hydroxylation is 1. The minimum absolute atomic E-state index is 0.700. The highest BCUT2D eigenvalue weighted by Crippen LogP contribution is 2.36. The van der Waals surface area contributed by atoms with Gasteiger partial charge in [0.05, 0.1) is 5.56 Å². The van der Waals surface area contributed by atoms with Crippen LogP contribution < -0.4 is 10.6 Å². The van der Waals surface area contributed by atoms with Crippen molar-refractivity contribution < 1.29 is 4.42 Å². The Morgan fingerprint density at radius 3 is 2.75 bits per heavy atom. The van der Waals surface area contributed by atoms with E-state index < -0.39 is 0 Å². The molecule has 5 rings (SSSR count). The van der Waals surface area contributed by atoms with Crippen LogP contribution in [0.4, 0.5) is 11.6 Å². The zero-order valence-corrected chi connectivity index (χ0v) is 15.8. The summed E-state index contributed by atoms with van der Waals surface area (Å²) in [5, 5.41) is 8.03. The number of anilines is 2. The number of rotatable bonds is 4. The first-order valence-electron chi connectivity index (χ1n) is 9.70. The van der Waals surface area contributed by atoms with E-state index in [0.717, 1.165) is 65.4 Å². The number of para-hydroxylation sites is 1. The monoisotopic (exact) mass is 370 g/mol. The molecule has 2 N–H and O–H groups in total. The van der Waals surface area contributed by atoms with Crippen LogP contribution in [-0.4, -0.2) is 16.5 Å². The number of nitrogens with zero attached hydrogens (tertiary/aromatic N) is 2. The predicted molar refractivity (Wildman–Crippen MR) is 113 cm³/mol. The van der Waals surface area contributed by atoms with Gasteiger partial charge in [0.1, 0.15) is 23.0 Å². The fourth-order valence-electron chi connectivity index (χ4n) is 3.82. The Morgan fingerprint density at radius 1 is 1.04 bits per heavy atom. The van der Waals surface area contributed by atoms with Crippen molar-refractivity contribution in [3.05, 3.63) is 71.5 Å². The molecule has 0 saturated heterocycles. The van der Waals surface area contributed by atoms with Gasteiger partial charge in [0.2, 0.25) is 0 Å². The van der Waals surface area contributed by atoms with E-state index in [1.807, 2.05) is 31.2 Å². The summed E-state index contributed by atoms with van der Waals surface area (Å²) in [5.74, 6) is 3.37. The van der Waals surface area contributed by atoms with Crippen LogP contribution in [-0.2, 0) is 13.0 Å². The van der Waals surface area contributed by atoms with Crippen LogP contribution in [0.1, 0.15) is 23.3 Å². The van der Waals surface area contributed by atoms with Gasteiger partial charge in [0, 0.05) is 24.0 Å². The van der Waals surface area contributed by atoms with E-state index in [0.29, 0.717) is 5.82 Å². The molecule has 0 atom stereocenters. The van der Waals surface area contributed by atoms with Crippen LogP contribution in [0, 0.1) is 6.92 Å². The third-order valence-electron chi connectivity index (χ3n) is 5.20. The molecule has 0 aliphatic carbocycles. The quantitative estimate of drug-likeness (QED) is 0.519. The molecule has 0 saturated carbocycles. The van der Waals surface area contributed by atoms with E-state index in [9.17, 15) is 0 Å². The van der Waals surface area contributed by atoms with Gasteiger partial charge in [-0.05, 0) is 31.4 Å². The zero-order valence-electron chi connectivity index (χ0n) is 15.8. The second-order valence-corrected chi connectivity index (χ2v) is 7.12. The molecule has 1 aliphatic rings. The molecular weight excluding hydrogens is 348 g/mol. The summed E-state index contributed by atoms with van der Waals surface area (Å²) in [4.78, 5) is 9.79. The molecule has 140 valence electrons. The SMILES string of the molecule is Cc1oc2ccccc2c1-c1nc2c(c(NCc3ccccc3)n1)CCCN2. The van der Waals surface area contributed by atoms with Gasteiger partial charge in [0.25, 0.3) is 0 Å². The average Bonchev–Trinajstić information content (AvgIpc) is 3.08. The average molecular weight is 370 g/mol. The van der Waals surface area contributed by atoms with Gasteiger partial charge in [0.15, 0.2) is 5.82 Å². The Bertz CT molecular complexity index is 1130. The van der Waals surface area contributed by atoms with Crippen molar-refractivity contribution >= 4 is 22.6 Å². The van der Waals surface area contributed by atoms with Crippen molar-refractivity contribution in [2.75, 3.05) is 17.2 Å². The molecular formula is C23H22N4O. The lowest BCUT2D eigenvalue weighted by atomic mass is 10.1. The Morgan fingerprint density at radius 2 is 1.86 bits per heavy atom. The Balaban J connectivity index is 1.60. The first-order valence-corrected chi connectivity index (χ1v) is 9.70. The van der Waals surface area contributed by atoms with Gasteiger partial charge in [-0.15, -0.1) is 0 Å². The molecule has 2 aromatic carbocycles. The molecule has 28 heavy (non-hydrogen) atoms. The van der Waals surface area contributed by atoms with Crippen LogP contribution in [0.15, 0.2) is 59.0 Å². The third kappa shape index (κ3) is 2.99. The van der Waals surface area contributed by atoms with Crippen molar-refractivity contribution in [3.63, 3.8) is 0 Å². The Hall–Kier alpha value is -3.34. The minimum atomic E-state index is 0.700. The highest BCUT2D eigenvalue weighted by Gasteiger charge is 2.21. The Kier molecular flexibility index (Phi) is 4.20. The molecule has 0 bridgehead atoms. The maximum Gasteiger partial charge on any atom is 0.168 e. The molecule has 4 aromatic rings. The summed E-state index contributed by atoms with van der Waals surface area (Å²) in [5.41, 5.74) is 4.22. The van der Waals surface area contributed by atoms with Gasteiger partial charge in [-0.2, -0.15) is 0 Å². The lowest BCUT2D eigenvalue weighted by Crippen LogP contribution is -2.17. The second kappa shape index (κ2) is 7.00. The molecule has 2 aromatic heterocycles. The molecule has 5 nitrogen and oxygen atoms in total. The lowest BCUT2D eigenvalue weighted by Gasteiger charge is -2.21. The summed E-state index contributed by atoms with van der Waals surface area (Å²) in [6, 6.07) is 18.4. The summed E-state index contributed by atoms with van der Waals surface area (Å²) >= 11 is 0. The third-order valence-corrected chi connectivity index (χ3v) is 5.20. The van der Waals surface area contributed by atoms with E-state index >= 15 is 0 Å². The fourth-order valence-corrected chi connectivity index (χ4v) is 3.82. The van der Waals surface area contributed by atoms with Crippen LogP contribution in [0.3, 0.4) is 0 Å². The molecule has 0 unspecified atom stereocenters. The van der Waals surface area contributed by atoms with Crippen molar-refractivity contribution in [2.24, 2.45) is 0 Å². The first kappa shape index (κ1) is 16.8. The van der Waals surface area contributed by atoms with Crippen molar-refractivity contribution in [1.29, 1.82) is 0 Å². The lowest BCUT2D eigenvalue weighted by molar-refractivity contribution is 0.579. The topological polar surface area (TPSA) is 63.0 Å². The van der Waals surface area contributed by atoms with Crippen LogP contribution in [0.5, 0.6) is 0 Å². The summed E-state index contributed by atoms with van der Waals surface area (Å²) in [7, 11) is 0. The predicted octanol–water partition coefficient (Wildman–Crippen LogP) is 5.17. The molecule has 0 spiro atoms. The van der Waals surface area contributed by atoms with Crippen molar-refractivity contribution in [2.45, 2.75) is 26.3 Å². The van der Waals surface area contributed by atoms with E-state index in [1.54, 1.807) is 0 Å². The number of hydrogen-bond acceptors (Lipinski definition) is 5. The molecule has 3 heterocycles. The molecule has 0 fully saturated rings. The second-order valence-electron chi connectivity index (χ2n) is 7.12. The van der Waals surface area contributed by atoms with Gasteiger partial charge in [-0.1, -0.05) is 48.5 Å². The van der Waals surface area contributed by atoms with E-state index in [4.69, 9.17) is 14.4 Å². The molecule has 0 amide bonds. The summed E-state index contributed by atoms with van der Waals surface area (Å²) in [6.07, 6.45) is 2.06. The smallest absolute Gasteiger partial charge is 0.168 e. The maximum atomic E-state index is 5.95. The highest BCUT2D eigenvalue weighted by atomic mass is 16.3. The van der Waals surface area contributed by atoms with Gasteiger partial charge < -0.3 is 15.1 Å². The summed E-state index contributed by atoms with van der Waals surface area (Å²) < 4.78 is 5.95. The van der Waals surface area contributed by atoms with Crippen molar-refractivity contribution in [3.8, 4) is 11.4 Å². The number of fused-ring (bicyclic) bond motifs is 2. The van der Waals surface area contributed by atoms with Gasteiger partial charge in [-0.25, -0.2) is 9.97 Å². The van der Waals surface area contributed by atoms with E-state index in [-0.39, 0.29) is 0 Å². The number of benzene rings is 2. The standard InChI is InChI=1S/C23H22N4O/c1-15-20(17-10-5-6-12-19(17)28-15)23-26-21-18(11-7-13-24-21)22(27-23)25-14-16-8-3-2-4-9-16/h2-6,8-10,12H,7,11,13-14H2,1H3,(H2,24,25,26,27). The molecule has 5 heteroatoms. The number of furan rings is 1. The Labute approximate surface area is 163 Å². The highest BCUT2D eigenvalue weighted by molar-refractivity contribution is 5.94. The maximum absolute atomic E-state index is 5.95. The van der Waals surface area contributed by atoms with Crippen LogP contribution >= 0.6 is 0 Å². The van der Waals surface area contributed by atoms with Crippen LogP contribution in [0.25, 0.3) is 22.4 Å².